The van der Waals surface area contributed by atoms with Crippen LogP contribution in [0.5, 0.6) is 0 Å². The number of hydrogen-bond acceptors (Lipinski definition) is 3. The maximum absolute atomic E-state index is 12.9. The monoisotopic (exact) mass is 319 g/mol. The molecule has 0 spiro atoms. The van der Waals surface area contributed by atoms with Gasteiger partial charge in [0.05, 0.1) is 5.69 Å². The standard InChI is InChI=1S/C15H11ClFN3S/c1-21-15(19-10-18)20(16)14-8-4-12(5-9-14)11-2-6-13(17)7-3-11/h2-9H,1H3. The van der Waals surface area contributed by atoms with Crippen LogP contribution in [-0.2, 0) is 0 Å². The number of nitriles is 1. The number of anilines is 1. The second-order valence-electron chi connectivity index (χ2n) is 4.03. The summed E-state index contributed by atoms with van der Waals surface area (Å²) in [6.45, 7) is 0. The van der Waals surface area contributed by atoms with E-state index in [2.05, 4.69) is 4.99 Å². The molecule has 0 atom stereocenters. The highest BCUT2D eigenvalue weighted by atomic mass is 35.5. The van der Waals surface area contributed by atoms with E-state index in [0.29, 0.717) is 10.9 Å². The third kappa shape index (κ3) is 3.75. The Morgan fingerprint density at radius 1 is 1.14 bits per heavy atom. The van der Waals surface area contributed by atoms with Crippen LogP contribution in [0.3, 0.4) is 0 Å². The highest BCUT2D eigenvalue weighted by Gasteiger charge is 2.10. The predicted molar refractivity (Wildman–Crippen MR) is 86.7 cm³/mol. The van der Waals surface area contributed by atoms with Gasteiger partial charge >= 0.3 is 0 Å². The van der Waals surface area contributed by atoms with Crippen molar-refractivity contribution in [1.29, 1.82) is 5.26 Å². The summed E-state index contributed by atoms with van der Waals surface area (Å²) >= 11 is 7.43. The molecule has 0 aliphatic heterocycles. The SMILES string of the molecule is CSC(=NC#N)N(Cl)c1ccc(-c2ccc(F)cc2)cc1. The van der Waals surface area contributed by atoms with Crippen LogP contribution in [0.25, 0.3) is 11.1 Å². The summed E-state index contributed by atoms with van der Waals surface area (Å²) in [5.74, 6) is -0.264. The van der Waals surface area contributed by atoms with Gasteiger partial charge in [0.25, 0.3) is 0 Å². The number of thioether (sulfide) groups is 1. The molecule has 3 nitrogen and oxygen atoms in total. The number of aliphatic imine (C=N–C) groups is 1. The molecule has 0 aromatic heterocycles. The molecule has 0 amide bonds. The van der Waals surface area contributed by atoms with E-state index in [1.165, 1.54) is 28.3 Å². The molecule has 0 N–H and O–H groups in total. The fourth-order valence-corrected chi connectivity index (χ4v) is 2.51. The zero-order valence-corrected chi connectivity index (χ0v) is 12.7. The first-order chi connectivity index (χ1) is 10.2. The van der Waals surface area contributed by atoms with Gasteiger partial charge in [-0.1, -0.05) is 36.0 Å². The zero-order valence-electron chi connectivity index (χ0n) is 11.1. The Balaban J connectivity index is 2.25. The molecule has 0 aliphatic rings. The Kier molecular flexibility index (Phi) is 5.20. The molecular formula is C15H11ClFN3S. The Labute approximate surface area is 131 Å². The van der Waals surface area contributed by atoms with E-state index in [9.17, 15) is 4.39 Å². The Hall–Kier alpha value is -2.03. The molecular weight excluding hydrogens is 309 g/mol. The maximum Gasteiger partial charge on any atom is 0.208 e. The second kappa shape index (κ2) is 7.11. The molecule has 0 fully saturated rings. The molecule has 2 rings (SSSR count). The first-order valence-corrected chi connectivity index (χ1v) is 7.54. The Morgan fingerprint density at radius 2 is 1.67 bits per heavy atom. The van der Waals surface area contributed by atoms with Crippen molar-refractivity contribution in [3.63, 3.8) is 0 Å². The molecule has 0 saturated carbocycles. The third-order valence-corrected chi connectivity index (χ3v) is 3.86. The molecule has 0 aliphatic carbocycles. The quantitative estimate of drug-likeness (QED) is 0.350. The highest BCUT2D eigenvalue weighted by molar-refractivity contribution is 8.13. The third-order valence-electron chi connectivity index (χ3n) is 2.77. The summed E-state index contributed by atoms with van der Waals surface area (Å²) in [4.78, 5) is 3.65. The largest absolute Gasteiger partial charge is 0.230 e. The van der Waals surface area contributed by atoms with Crippen LogP contribution in [0, 0.1) is 17.3 Å². The number of rotatable bonds is 2. The van der Waals surface area contributed by atoms with Crippen LogP contribution in [-0.4, -0.2) is 11.4 Å². The van der Waals surface area contributed by atoms with E-state index >= 15 is 0 Å². The van der Waals surface area contributed by atoms with Crippen LogP contribution >= 0.6 is 23.5 Å². The number of hydrogen-bond donors (Lipinski definition) is 0. The van der Waals surface area contributed by atoms with Gasteiger partial charge in [0, 0.05) is 11.8 Å². The average Bonchev–Trinajstić information content (AvgIpc) is 2.53. The molecule has 6 heteroatoms. The number of amidine groups is 1. The second-order valence-corrected chi connectivity index (χ2v) is 5.14. The lowest BCUT2D eigenvalue weighted by Gasteiger charge is -2.15. The summed E-state index contributed by atoms with van der Waals surface area (Å²) in [6.07, 6.45) is 3.51. The predicted octanol–water partition coefficient (Wildman–Crippen LogP) is 4.65. The molecule has 21 heavy (non-hydrogen) atoms. The van der Waals surface area contributed by atoms with E-state index in [-0.39, 0.29) is 5.82 Å². The summed E-state index contributed by atoms with van der Waals surface area (Å²) in [5.41, 5.74) is 2.57. The normalized spacial score (nSPS) is 11.0. The minimum atomic E-state index is -0.264. The lowest BCUT2D eigenvalue weighted by atomic mass is 10.1. The van der Waals surface area contributed by atoms with Crippen molar-refractivity contribution in [3.8, 4) is 17.3 Å². The molecule has 2 aromatic rings. The minimum Gasteiger partial charge on any atom is -0.230 e. The van der Waals surface area contributed by atoms with Crippen molar-refractivity contribution in [1.82, 2.24) is 0 Å². The van der Waals surface area contributed by atoms with E-state index in [1.54, 1.807) is 24.6 Å². The number of nitrogens with zero attached hydrogens (tertiary/aromatic N) is 3. The van der Waals surface area contributed by atoms with Crippen LogP contribution < -0.4 is 4.42 Å². The van der Waals surface area contributed by atoms with Gasteiger partial charge in [-0.25, -0.2) is 8.81 Å². The minimum absolute atomic E-state index is 0.264. The van der Waals surface area contributed by atoms with Gasteiger partial charge in [-0.05, 0) is 41.6 Å². The van der Waals surface area contributed by atoms with Gasteiger partial charge in [-0.3, -0.25) is 0 Å². The Bertz CT molecular complexity index is 678. The molecule has 2 aromatic carbocycles. The van der Waals surface area contributed by atoms with Gasteiger partial charge in [0.2, 0.25) is 6.19 Å². The van der Waals surface area contributed by atoms with Gasteiger partial charge in [0.1, 0.15) is 5.82 Å². The first kappa shape index (κ1) is 15.4. The first-order valence-electron chi connectivity index (χ1n) is 5.98. The lowest BCUT2D eigenvalue weighted by molar-refractivity contribution is 0.628. The van der Waals surface area contributed by atoms with Gasteiger partial charge in [-0.2, -0.15) is 5.26 Å². The van der Waals surface area contributed by atoms with Crippen molar-refractivity contribution in [2.75, 3.05) is 10.7 Å². The number of halogens is 2. The van der Waals surface area contributed by atoms with Crippen LogP contribution in [0.2, 0.25) is 0 Å². The highest BCUT2D eigenvalue weighted by Crippen LogP contribution is 2.26. The van der Waals surface area contributed by atoms with Gasteiger partial charge in [-0.15, -0.1) is 4.99 Å². The van der Waals surface area contributed by atoms with Crippen molar-refractivity contribution in [3.05, 3.63) is 54.3 Å². The summed E-state index contributed by atoms with van der Waals surface area (Å²) in [6, 6.07) is 13.7. The molecule has 0 unspecified atom stereocenters. The van der Waals surface area contributed by atoms with Crippen LogP contribution in [0.4, 0.5) is 10.1 Å². The fourth-order valence-electron chi connectivity index (χ4n) is 1.75. The molecule has 0 radical (unpaired) electrons. The lowest BCUT2D eigenvalue weighted by Crippen LogP contribution is -2.16. The smallest absolute Gasteiger partial charge is 0.208 e. The zero-order chi connectivity index (χ0) is 15.2. The molecule has 0 saturated heterocycles. The van der Waals surface area contributed by atoms with Crippen molar-refractivity contribution in [2.24, 2.45) is 4.99 Å². The molecule has 106 valence electrons. The van der Waals surface area contributed by atoms with Gasteiger partial charge < -0.3 is 0 Å². The van der Waals surface area contributed by atoms with Crippen LogP contribution in [0.15, 0.2) is 53.5 Å². The van der Waals surface area contributed by atoms with Crippen LogP contribution in [0.1, 0.15) is 0 Å². The summed E-state index contributed by atoms with van der Waals surface area (Å²) < 4.78 is 14.2. The fraction of sp³-hybridized carbons (Fsp3) is 0.0667. The summed E-state index contributed by atoms with van der Waals surface area (Å²) in [7, 11) is 0. The molecule has 0 bridgehead atoms. The maximum atomic E-state index is 12.9. The number of benzene rings is 2. The van der Waals surface area contributed by atoms with E-state index in [1.807, 2.05) is 24.3 Å². The van der Waals surface area contributed by atoms with Crippen molar-refractivity contribution in [2.45, 2.75) is 0 Å². The Morgan fingerprint density at radius 3 is 2.14 bits per heavy atom. The molecule has 0 heterocycles. The van der Waals surface area contributed by atoms with Crippen molar-refractivity contribution >= 4 is 34.4 Å². The van der Waals surface area contributed by atoms with E-state index < -0.39 is 0 Å². The summed E-state index contributed by atoms with van der Waals surface area (Å²) in [5, 5.41) is 9.01. The van der Waals surface area contributed by atoms with E-state index in [0.717, 1.165) is 11.1 Å². The van der Waals surface area contributed by atoms with Gasteiger partial charge in [0.15, 0.2) is 5.17 Å². The topological polar surface area (TPSA) is 39.4 Å². The van der Waals surface area contributed by atoms with E-state index in [4.69, 9.17) is 17.0 Å². The average molecular weight is 320 g/mol. The van der Waals surface area contributed by atoms with Crippen molar-refractivity contribution < 1.29 is 4.39 Å².